The fourth-order valence-electron chi connectivity index (χ4n) is 5.88. The number of nitrogens with zero attached hydrogens (tertiary/aromatic N) is 1. The van der Waals surface area contributed by atoms with E-state index in [9.17, 15) is 14.7 Å². The summed E-state index contributed by atoms with van der Waals surface area (Å²) in [4.78, 5) is 26.6. The first-order valence-corrected chi connectivity index (χ1v) is 12.4. The average Bonchev–Trinajstić information content (AvgIpc) is 3.47. The van der Waals surface area contributed by atoms with Gasteiger partial charge in [-0.05, 0) is 57.3 Å². The minimum absolute atomic E-state index is 0.0550. The summed E-state index contributed by atoms with van der Waals surface area (Å²) in [6.45, 7) is 0.561. The Morgan fingerprint density at radius 2 is 1.47 bits per heavy atom. The summed E-state index contributed by atoms with van der Waals surface area (Å²) in [5.41, 5.74) is 5.74. The molecule has 0 bridgehead atoms. The monoisotopic (exact) mass is 477 g/mol. The van der Waals surface area contributed by atoms with Crippen LogP contribution in [-0.2, 0) is 16.0 Å². The van der Waals surface area contributed by atoms with Gasteiger partial charge in [0.2, 0.25) is 0 Å². The maximum atomic E-state index is 13.2. The van der Waals surface area contributed by atoms with Crippen LogP contribution in [0.3, 0.4) is 0 Å². The van der Waals surface area contributed by atoms with Crippen LogP contribution in [0.5, 0.6) is 0 Å². The highest BCUT2D eigenvalue weighted by Crippen LogP contribution is 2.44. The lowest BCUT2D eigenvalue weighted by Crippen LogP contribution is -2.41. The van der Waals surface area contributed by atoms with Crippen LogP contribution in [0, 0.1) is 5.92 Å². The number of ether oxygens (including phenoxy) is 1. The van der Waals surface area contributed by atoms with Gasteiger partial charge in [-0.3, -0.25) is 4.90 Å². The zero-order valence-electron chi connectivity index (χ0n) is 19.8. The molecular formula is C31H27NO4. The van der Waals surface area contributed by atoms with Gasteiger partial charge in [-0.2, -0.15) is 0 Å². The van der Waals surface area contributed by atoms with Crippen molar-refractivity contribution in [3.63, 3.8) is 0 Å². The van der Waals surface area contributed by atoms with Crippen LogP contribution in [0.25, 0.3) is 21.9 Å². The summed E-state index contributed by atoms with van der Waals surface area (Å²) >= 11 is 0. The van der Waals surface area contributed by atoms with Crippen molar-refractivity contribution in [2.45, 2.75) is 24.8 Å². The molecule has 6 rings (SSSR count). The third kappa shape index (κ3) is 4.01. The lowest BCUT2D eigenvalue weighted by atomic mass is 9.95. The summed E-state index contributed by atoms with van der Waals surface area (Å²) in [6.07, 6.45) is 0.596. The highest BCUT2D eigenvalue weighted by atomic mass is 16.6. The van der Waals surface area contributed by atoms with Crippen molar-refractivity contribution in [1.29, 1.82) is 0 Å². The number of hydrogen-bond donors (Lipinski definition) is 1. The SMILES string of the molecule is O=C(O)[C@@H]1C[C@@H](Cc2ccc3ccccc3c2)CN1C(=O)OCC1c2ccccc2-c2ccccc21. The zero-order chi connectivity index (χ0) is 24.6. The largest absolute Gasteiger partial charge is 0.480 e. The van der Waals surface area contributed by atoms with Crippen LogP contribution in [0.4, 0.5) is 4.79 Å². The van der Waals surface area contributed by atoms with Crippen molar-refractivity contribution >= 4 is 22.8 Å². The molecule has 0 radical (unpaired) electrons. The van der Waals surface area contributed by atoms with Crippen molar-refractivity contribution in [3.05, 3.63) is 108 Å². The Labute approximate surface area is 209 Å². The molecule has 1 heterocycles. The summed E-state index contributed by atoms with van der Waals surface area (Å²) in [6, 6.07) is 30.0. The number of carbonyl (C=O) groups excluding carboxylic acids is 1. The maximum absolute atomic E-state index is 13.2. The molecule has 0 unspecified atom stereocenters. The number of rotatable bonds is 5. The number of hydrogen-bond acceptors (Lipinski definition) is 3. The lowest BCUT2D eigenvalue weighted by molar-refractivity contribution is -0.141. The molecule has 4 aromatic rings. The van der Waals surface area contributed by atoms with Gasteiger partial charge in [-0.1, -0.05) is 91.0 Å². The molecule has 1 fully saturated rings. The highest BCUT2D eigenvalue weighted by Gasteiger charge is 2.41. The fraction of sp³-hybridized carbons (Fsp3) is 0.226. The van der Waals surface area contributed by atoms with E-state index < -0.39 is 18.1 Å². The summed E-state index contributed by atoms with van der Waals surface area (Å²) in [5.74, 6) is -0.974. The molecule has 180 valence electrons. The molecular weight excluding hydrogens is 450 g/mol. The van der Waals surface area contributed by atoms with E-state index in [1.165, 1.54) is 10.3 Å². The van der Waals surface area contributed by atoms with E-state index >= 15 is 0 Å². The number of aliphatic carboxylic acids is 1. The van der Waals surface area contributed by atoms with Crippen molar-refractivity contribution in [3.8, 4) is 11.1 Å². The summed E-state index contributed by atoms with van der Waals surface area (Å²) in [7, 11) is 0. The predicted octanol–water partition coefficient (Wildman–Crippen LogP) is 6.11. The van der Waals surface area contributed by atoms with Crippen LogP contribution in [0.2, 0.25) is 0 Å². The first kappa shape index (κ1) is 22.4. The molecule has 1 saturated heterocycles. The molecule has 5 heteroatoms. The molecule has 5 nitrogen and oxygen atoms in total. The number of amides is 1. The third-order valence-electron chi connectivity index (χ3n) is 7.58. The first-order valence-electron chi connectivity index (χ1n) is 12.4. The van der Waals surface area contributed by atoms with Crippen molar-refractivity contribution < 1.29 is 19.4 Å². The number of fused-ring (bicyclic) bond motifs is 4. The molecule has 2 atom stereocenters. The summed E-state index contributed by atoms with van der Waals surface area (Å²) < 4.78 is 5.78. The highest BCUT2D eigenvalue weighted by molar-refractivity contribution is 5.83. The standard InChI is InChI=1S/C31H27NO4/c33-30(34)29-17-21(15-20-13-14-22-7-1-2-8-23(22)16-20)18-32(29)31(35)36-19-28-26-11-5-3-9-24(26)25-10-4-6-12-27(25)28/h1-14,16,21,28-29H,15,17-19H2,(H,33,34)/t21-,29+/m1/s1. The molecule has 1 aliphatic carbocycles. The van der Waals surface area contributed by atoms with Gasteiger partial charge < -0.3 is 9.84 Å². The fourth-order valence-corrected chi connectivity index (χ4v) is 5.88. The molecule has 0 spiro atoms. The first-order chi connectivity index (χ1) is 17.6. The van der Waals surface area contributed by atoms with Crippen molar-refractivity contribution in [2.75, 3.05) is 13.2 Å². The number of carboxylic acid groups (broad SMARTS) is 1. The molecule has 0 aromatic heterocycles. The molecule has 1 aliphatic heterocycles. The Hall–Kier alpha value is -4.12. The molecule has 2 aliphatic rings. The van der Waals surface area contributed by atoms with Crippen LogP contribution in [-0.4, -0.2) is 41.3 Å². The van der Waals surface area contributed by atoms with Crippen molar-refractivity contribution in [2.24, 2.45) is 5.92 Å². The van der Waals surface area contributed by atoms with Crippen LogP contribution in [0.15, 0.2) is 91.0 Å². The third-order valence-corrected chi connectivity index (χ3v) is 7.58. The van der Waals surface area contributed by atoms with E-state index in [4.69, 9.17) is 4.74 Å². The minimum Gasteiger partial charge on any atom is -0.480 e. The number of carboxylic acids is 1. The normalized spacial score (nSPS) is 18.7. The Morgan fingerprint density at radius 1 is 0.833 bits per heavy atom. The topological polar surface area (TPSA) is 66.8 Å². The van der Waals surface area contributed by atoms with Gasteiger partial charge in [0, 0.05) is 12.5 Å². The summed E-state index contributed by atoms with van der Waals surface area (Å²) in [5, 5.41) is 12.2. The zero-order valence-corrected chi connectivity index (χ0v) is 19.8. The van der Waals surface area contributed by atoms with Gasteiger partial charge in [-0.15, -0.1) is 0 Å². The molecule has 4 aromatic carbocycles. The van der Waals surface area contributed by atoms with E-state index in [1.54, 1.807) is 0 Å². The molecule has 1 N–H and O–H groups in total. The van der Waals surface area contributed by atoms with Gasteiger partial charge in [0.05, 0.1) is 0 Å². The second-order valence-electron chi connectivity index (χ2n) is 9.80. The van der Waals surface area contributed by atoms with Crippen LogP contribution in [0.1, 0.15) is 29.0 Å². The predicted molar refractivity (Wildman–Crippen MR) is 139 cm³/mol. The van der Waals surface area contributed by atoms with Gasteiger partial charge in [0.25, 0.3) is 0 Å². The number of benzene rings is 4. The van der Waals surface area contributed by atoms with Gasteiger partial charge in [0.15, 0.2) is 0 Å². The second-order valence-corrected chi connectivity index (χ2v) is 9.80. The van der Waals surface area contributed by atoms with Gasteiger partial charge in [0.1, 0.15) is 12.6 Å². The second kappa shape index (κ2) is 9.15. The van der Waals surface area contributed by atoms with E-state index in [-0.39, 0.29) is 18.4 Å². The number of carbonyl (C=O) groups is 2. The van der Waals surface area contributed by atoms with E-state index in [2.05, 4.69) is 54.6 Å². The number of likely N-dealkylation sites (tertiary alicyclic amines) is 1. The Kier molecular flexibility index (Phi) is 5.68. The van der Waals surface area contributed by atoms with Crippen LogP contribution >= 0.6 is 0 Å². The van der Waals surface area contributed by atoms with Gasteiger partial charge >= 0.3 is 12.1 Å². The molecule has 0 saturated carbocycles. The van der Waals surface area contributed by atoms with Crippen molar-refractivity contribution in [1.82, 2.24) is 4.90 Å². The van der Waals surface area contributed by atoms with Crippen LogP contribution < -0.4 is 0 Å². The maximum Gasteiger partial charge on any atom is 0.410 e. The Bertz CT molecular complexity index is 1420. The average molecular weight is 478 g/mol. The quantitative estimate of drug-likeness (QED) is 0.377. The molecule has 36 heavy (non-hydrogen) atoms. The minimum atomic E-state index is -0.982. The smallest absolute Gasteiger partial charge is 0.410 e. The van der Waals surface area contributed by atoms with E-state index in [0.717, 1.165) is 39.6 Å². The Morgan fingerprint density at radius 3 is 2.17 bits per heavy atom. The Balaban J connectivity index is 1.16. The van der Waals surface area contributed by atoms with Gasteiger partial charge in [-0.25, -0.2) is 9.59 Å². The van der Waals surface area contributed by atoms with E-state index in [1.807, 2.05) is 36.4 Å². The van der Waals surface area contributed by atoms with E-state index in [0.29, 0.717) is 13.0 Å². The molecule has 1 amide bonds. The lowest BCUT2D eigenvalue weighted by Gasteiger charge is -2.22.